The summed E-state index contributed by atoms with van der Waals surface area (Å²) in [4.78, 5) is 10.4. The summed E-state index contributed by atoms with van der Waals surface area (Å²) in [6.07, 6.45) is 0.140. The van der Waals surface area contributed by atoms with Crippen molar-refractivity contribution in [1.82, 2.24) is 15.3 Å². The molecule has 1 unspecified atom stereocenters. The predicted molar refractivity (Wildman–Crippen MR) is 99.0 cm³/mol. The number of hydrogen-bond donors (Lipinski definition) is 1. The minimum Gasteiger partial charge on any atom is -0.423 e. The third-order valence-corrected chi connectivity index (χ3v) is 5.66. The van der Waals surface area contributed by atoms with Gasteiger partial charge in [-0.25, -0.2) is 4.98 Å². The van der Waals surface area contributed by atoms with Gasteiger partial charge in [0.15, 0.2) is 5.58 Å². The molecule has 1 aliphatic heterocycles. The molecule has 4 rings (SSSR count). The van der Waals surface area contributed by atoms with Crippen LogP contribution in [0.2, 0.25) is 0 Å². The normalized spacial score (nSPS) is 18.8. The maximum atomic E-state index is 13.5. The van der Waals surface area contributed by atoms with Gasteiger partial charge in [0.05, 0.1) is 11.1 Å². The fraction of sp³-hybridized carbons (Fsp3) is 0.444. The standard InChI is InChI=1S/C18H19F3N4OS/c1-22-11-4-2-3-8-25(10-11)17-24-14-13(18(19,20)21)6-5-12(15(14)26-17)16-23-7-9-27-16/h5-7,9,11,22H,2-4,8,10H2,1H3. The van der Waals surface area contributed by atoms with E-state index in [1.54, 1.807) is 11.6 Å². The van der Waals surface area contributed by atoms with E-state index in [4.69, 9.17) is 4.42 Å². The van der Waals surface area contributed by atoms with Gasteiger partial charge in [-0.3, -0.25) is 0 Å². The van der Waals surface area contributed by atoms with Gasteiger partial charge in [-0.2, -0.15) is 18.2 Å². The first-order valence-electron chi connectivity index (χ1n) is 8.80. The van der Waals surface area contributed by atoms with Crippen molar-refractivity contribution in [3.8, 4) is 10.6 Å². The Labute approximate surface area is 158 Å². The number of nitrogens with zero attached hydrogens (tertiary/aromatic N) is 3. The van der Waals surface area contributed by atoms with E-state index in [1.165, 1.54) is 17.4 Å². The lowest BCUT2D eigenvalue weighted by molar-refractivity contribution is -0.136. The van der Waals surface area contributed by atoms with Crippen molar-refractivity contribution in [1.29, 1.82) is 0 Å². The molecule has 0 aliphatic carbocycles. The van der Waals surface area contributed by atoms with Crippen molar-refractivity contribution >= 4 is 28.5 Å². The molecule has 1 fully saturated rings. The summed E-state index contributed by atoms with van der Waals surface area (Å²) in [5, 5.41) is 5.64. The quantitative estimate of drug-likeness (QED) is 0.704. The minimum atomic E-state index is -4.50. The number of fused-ring (bicyclic) bond motifs is 1. The van der Waals surface area contributed by atoms with E-state index in [2.05, 4.69) is 15.3 Å². The monoisotopic (exact) mass is 396 g/mol. The van der Waals surface area contributed by atoms with Gasteiger partial charge in [-0.15, -0.1) is 11.3 Å². The lowest BCUT2D eigenvalue weighted by Gasteiger charge is -2.22. The number of likely N-dealkylation sites (N-methyl/N-ethyl adjacent to an activating group) is 1. The molecule has 9 heteroatoms. The van der Waals surface area contributed by atoms with Gasteiger partial charge in [0.25, 0.3) is 6.01 Å². The maximum Gasteiger partial charge on any atom is 0.418 e. The van der Waals surface area contributed by atoms with Crippen LogP contribution in [0.5, 0.6) is 0 Å². The first-order valence-corrected chi connectivity index (χ1v) is 9.68. The van der Waals surface area contributed by atoms with Crippen LogP contribution in [-0.2, 0) is 6.18 Å². The van der Waals surface area contributed by atoms with Crippen LogP contribution >= 0.6 is 11.3 Å². The average molecular weight is 396 g/mol. The summed E-state index contributed by atoms with van der Waals surface area (Å²) >= 11 is 1.35. The number of anilines is 1. The molecule has 1 aromatic carbocycles. The number of aromatic nitrogens is 2. The zero-order valence-corrected chi connectivity index (χ0v) is 15.5. The fourth-order valence-corrected chi connectivity index (χ4v) is 4.10. The average Bonchev–Trinajstić information content (AvgIpc) is 3.25. The Hall–Kier alpha value is -2.13. The number of alkyl halides is 3. The van der Waals surface area contributed by atoms with Gasteiger partial charge < -0.3 is 14.6 Å². The van der Waals surface area contributed by atoms with Crippen molar-refractivity contribution < 1.29 is 17.6 Å². The van der Waals surface area contributed by atoms with Gasteiger partial charge >= 0.3 is 6.18 Å². The van der Waals surface area contributed by atoms with Crippen molar-refractivity contribution in [3.05, 3.63) is 29.3 Å². The molecule has 3 aromatic rings. The van der Waals surface area contributed by atoms with E-state index in [1.807, 2.05) is 11.9 Å². The molecule has 0 radical (unpaired) electrons. The first-order chi connectivity index (χ1) is 13.0. The SMILES string of the molecule is CNC1CCCCN(c2nc3c(C(F)(F)F)ccc(-c4nccs4)c3o2)C1. The topological polar surface area (TPSA) is 54.2 Å². The Bertz CT molecular complexity index is 923. The highest BCUT2D eigenvalue weighted by Gasteiger charge is 2.36. The van der Waals surface area contributed by atoms with Crippen LogP contribution in [0.25, 0.3) is 21.7 Å². The maximum absolute atomic E-state index is 13.5. The first kappa shape index (κ1) is 18.2. The molecule has 0 saturated carbocycles. The second-order valence-electron chi connectivity index (χ2n) is 6.60. The zero-order chi connectivity index (χ0) is 19.0. The Kier molecular flexibility index (Phi) is 4.81. The number of nitrogens with one attached hydrogen (secondary N) is 1. The minimum absolute atomic E-state index is 0.139. The Morgan fingerprint density at radius 2 is 2.15 bits per heavy atom. The summed E-state index contributed by atoms with van der Waals surface area (Å²) in [7, 11) is 1.89. The second-order valence-corrected chi connectivity index (χ2v) is 7.49. The molecule has 2 aromatic heterocycles. The fourth-order valence-electron chi connectivity index (χ4n) is 3.44. The van der Waals surface area contributed by atoms with Crippen LogP contribution in [0.4, 0.5) is 19.2 Å². The third kappa shape index (κ3) is 3.53. The van der Waals surface area contributed by atoms with Gasteiger partial charge in [0.1, 0.15) is 10.5 Å². The Balaban J connectivity index is 1.84. The highest BCUT2D eigenvalue weighted by molar-refractivity contribution is 7.13. The van der Waals surface area contributed by atoms with Crippen LogP contribution < -0.4 is 10.2 Å². The summed E-state index contributed by atoms with van der Waals surface area (Å²) in [6, 6.07) is 2.96. The number of oxazole rings is 1. The molecule has 0 spiro atoms. The van der Waals surface area contributed by atoms with Crippen molar-refractivity contribution in [2.75, 3.05) is 25.0 Å². The molecule has 5 nitrogen and oxygen atoms in total. The van der Waals surface area contributed by atoms with Crippen LogP contribution in [0, 0.1) is 0 Å². The lowest BCUT2D eigenvalue weighted by atomic mass is 10.1. The summed E-state index contributed by atoms with van der Waals surface area (Å²) in [6.45, 7) is 1.36. The summed E-state index contributed by atoms with van der Waals surface area (Å²) in [5.41, 5.74) is -0.269. The zero-order valence-electron chi connectivity index (χ0n) is 14.7. The van der Waals surface area contributed by atoms with Crippen LogP contribution in [0.1, 0.15) is 24.8 Å². The molecule has 0 bridgehead atoms. The van der Waals surface area contributed by atoms with Gasteiger partial charge in [-0.05, 0) is 32.0 Å². The van der Waals surface area contributed by atoms with E-state index >= 15 is 0 Å². The highest BCUT2D eigenvalue weighted by atomic mass is 32.1. The molecule has 0 amide bonds. The van der Waals surface area contributed by atoms with Gasteiger partial charge in [0, 0.05) is 30.7 Å². The molecule has 1 atom stereocenters. The van der Waals surface area contributed by atoms with Crippen LogP contribution in [0.3, 0.4) is 0 Å². The largest absolute Gasteiger partial charge is 0.423 e. The highest BCUT2D eigenvalue weighted by Crippen LogP contribution is 2.40. The van der Waals surface area contributed by atoms with E-state index < -0.39 is 11.7 Å². The molecule has 1 saturated heterocycles. The Morgan fingerprint density at radius 3 is 2.85 bits per heavy atom. The van der Waals surface area contributed by atoms with E-state index in [9.17, 15) is 13.2 Å². The number of rotatable bonds is 3. The molecule has 27 heavy (non-hydrogen) atoms. The van der Waals surface area contributed by atoms with E-state index in [-0.39, 0.29) is 23.2 Å². The lowest BCUT2D eigenvalue weighted by Crippen LogP contribution is -2.38. The molecular formula is C18H19F3N4OS. The summed E-state index contributed by atoms with van der Waals surface area (Å²) in [5.74, 6) is 0. The van der Waals surface area contributed by atoms with Crippen molar-refractivity contribution in [3.63, 3.8) is 0 Å². The molecule has 1 aliphatic rings. The van der Waals surface area contributed by atoms with Crippen molar-refractivity contribution in [2.24, 2.45) is 0 Å². The molecule has 3 heterocycles. The second kappa shape index (κ2) is 7.12. The number of thiazole rings is 1. The van der Waals surface area contributed by atoms with Crippen LogP contribution in [-0.4, -0.2) is 36.1 Å². The van der Waals surface area contributed by atoms with Crippen LogP contribution in [0.15, 0.2) is 28.1 Å². The van der Waals surface area contributed by atoms with Gasteiger partial charge in [0.2, 0.25) is 0 Å². The van der Waals surface area contributed by atoms with E-state index in [0.717, 1.165) is 25.3 Å². The van der Waals surface area contributed by atoms with Crippen molar-refractivity contribution in [2.45, 2.75) is 31.5 Å². The summed E-state index contributed by atoms with van der Waals surface area (Å²) < 4.78 is 46.4. The smallest absolute Gasteiger partial charge is 0.418 e. The third-order valence-electron chi connectivity index (χ3n) is 4.85. The molecule has 144 valence electrons. The van der Waals surface area contributed by atoms with Gasteiger partial charge in [-0.1, -0.05) is 6.42 Å². The van der Waals surface area contributed by atoms with E-state index in [0.29, 0.717) is 23.7 Å². The molecular weight excluding hydrogens is 377 g/mol. The number of hydrogen-bond acceptors (Lipinski definition) is 6. The Morgan fingerprint density at radius 1 is 1.30 bits per heavy atom. The number of benzene rings is 1. The molecule has 1 N–H and O–H groups in total. The predicted octanol–water partition coefficient (Wildman–Crippen LogP) is 4.55. The number of halogens is 3.